The molecule has 1 atom stereocenters. The van der Waals surface area contributed by atoms with E-state index in [1.54, 1.807) is 6.20 Å². The molecule has 0 saturated carbocycles. The summed E-state index contributed by atoms with van der Waals surface area (Å²) in [4.78, 5) is 10.6. The van der Waals surface area contributed by atoms with Crippen molar-refractivity contribution in [1.82, 2.24) is 15.6 Å². The maximum Gasteiger partial charge on any atom is 0.416 e. The molecule has 1 fully saturated rings. The lowest BCUT2D eigenvalue weighted by Gasteiger charge is -2.32. The second-order valence-corrected chi connectivity index (χ2v) is 7.23. The quantitative estimate of drug-likeness (QED) is 0.248. The molecule has 32 heavy (non-hydrogen) atoms. The number of hydrogen-bond donors (Lipinski definition) is 2. The molecule has 0 aliphatic carbocycles. The third-order valence-corrected chi connectivity index (χ3v) is 4.88. The highest BCUT2D eigenvalue weighted by atomic mass is 127. The third-order valence-electron chi connectivity index (χ3n) is 4.88. The molecule has 1 aliphatic heterocycles. The molecule has 0 radical (unpaired) electrons. The lowest BCUT2D eigenvalue weighted by molar-refractivity contribution is -0.138. The van der Waals surface area contributed by atoms with Gasteiger partial charge in [-0.05, 0) is 42.3 Å². The summed E-state index contributed by atoms with van der Waals surface area (Å²) < 4.78 is 58.3. The monoisotopic (exact) mass is 567 g/mol. The highest BCUT2D eigenvalue weighted by Gasteiger charge is 2.33. The number of rotatable bonds is 5. The van der Waals surface area contributed by atoms with Gasteiger partial charge in [0.1, 0.15) is 11.6 Å². The smallest absolute Gasteiger partial charge is 0.375 e. The SMILES string of the molecule is CN=C(NCc1ccnc(N2CCOC(C)C2)c1)NCc1ccc(F)cc1C(F)(F)F.I. The molecule has 6 nitrogen and oxygen atoms in total. The summed E-state index contributed by atoms with van der Waals surface area (Å²) in [6.45, 7) is 4.43. The fourth-order valence-corrected chi connectivity index (χ4v) is 3.32. The number of ether oxygens (including phenoxy) is 1. The van der Waals surface area contributed by atoms with Crippen LogP contribution in [-0.2, 0) is 24.0 Å². The van der Waals surface area contributed by atoms with Gasteiger partial charge in [0.15, 0.2) is 5.96 Å². The first-order valence-electron chi connectivity index (χ1n) is 9.88. The van der Waals surface area contributed by atoms with E-state index < -0.39 is 17.6 Å². The average molecular weight is 567 g/mol. The van der Waals surface area contributed by atoms with Crippen molar-refractivity contribution in [3.05, 3.63) is 59.0 Å². The van der Waals surface area contributed by atoms with Crippen LogP contribution in [0.2, 0.25) is 0 Å². The second kappa shape index (κ2) is 11.6. The van der Waals surface area contributed by atoms with Gasteiger partial charge >= 0.3 is 6.18 Å². The summed E-state index contributed by atoms with van der Waals surface area (Å²) in [5.74, 6) is 0.246. The van der Waals surface area contributed by atoms with Gasteiger partial charge in [-0.2, -0.15) is 13.2 Å². The van der Waals surface area contributed by atoms with Crippen molar-refractivity contribution in [3.63, 3.8) is 0 Å². The van der Waals surface area contributed by atoms with Crippen LogP contribution in [0, 0.1) is 5.82 Å². The molecule has 2 heterocycles. The Morgan fingerprint density at radius 3 is 2.66 bits per heavy atom. The Morgan fingerprint density at radius 2 is 1.97 bits per heavy atom. The molecule has 0 amide bonds. The van der Waals surface area contributed by atoms with Gasteiger partial charge in [0.2, 0.25) is 0 Å². The Hall–Kier alpha value is -2.15. The molecule has 0 bridgehead atoms. The van der Waals surface area contributed by atoms with Crippen LogP contribution in [0.4, 0.5) is 23.4 Å². The van der Waals surface area contributed by atoms with Crippen molar-refractivity contribution < 1.29 is 22.3 Å². The highest BCUT2D eigenvalue weighted by Crippen LogP contribution is 2.32. The minimum absolute atomic E-state index is 0. The number of alkyl halides is 3. The Balaban J connectivity index is 0.00000363. The predicted octanol–water partition coefficient (Wildman–Crippen LogP) is 3.95. The molecule has 2 aromatic rings. The lowest BCUT2D eigenvalue weighted by Crippen LogP contribution is -2.41. The molecule has 11 heteroatoms. The summed E-state index contributed by atoms with van der Waals surface area (Å²) in [5, 5.41) is 5.92. The minimum atomic E-state index is -4.64. The number of aliphatic imine (C=N–C) groups is 1. The van der Waals surface area contributed by atoms with Gasteiger partial charge < -0.3 is 20.3 Å². The molecule has 1 unspecified atom stereocenters. The highest BCUT2D eigenvalue weighted by molar-refractivity contribution is 14.0. The molecular weight excluding hydrogens is 541 g/mol. The summed E-state index contributed by atoms with van der Waals surface area (Å²) in [7, 11) is 1.53. The van der Waals surface area contributed by atoms with Gasteiger partial charge in [-0.3, -0.25) is 4.99 Å². The van der Waals surface area contributed by atoms with Crippen molar-refractivity contribution in [2.24, 2.45) is 4.99 Å². The van der Waals surface area contributed by atoms with Crippen molar-refractivity contribution in [2.75, 3.05) is 31.6 Å². The molecular formula is C21H26F4IN5O. The maximum atomic E-state index is 13.3. The molecule has 1 aromatic carbocycles. The lowest BCUT2D eigenvalue weighted by atomic mass is 10.1. The Labute approximate surface area is 201 Å². The molecule has 1 aromatic heterocycles. The van der Waals surface area contributed by atoms with Crippen molar-refractivity contribution in [2.45, 2.75) is 32.3 Å². The Kier molecular flexibility index (Phi) is 9.49. The van der Waals surface area contributed by atoms with Crippen LogP contribution < -0.4 is 15.5 Å². The predicted molar refractivity (Wildman–Crippen MR) is 126 cm³/mol. The number of benzene rings is 1. The molecule has 2 N–H and O–H groups in total. The number of anilines is 1. The van der Waals surface area contributed by atoms with Gasteiger partial charge in [0, 0.05) is 39.4 Å². The van der Waals surface area contributed by atoms with E-state index in [9.17, 15) is 17.6 Å². The first-order chi connectivity index (χ1) is 14.8. The van der Waals surface area contributed by atoms with Crippen LogP contribution in [0.5, 0.6) is 0 Å². The number of morpholine rings is 1. The van der Waals surface area contributed by atoms with E-state index in [1.807, 2.05) is 19.1 Å². The topological polar surface area (TPSA) is 61.8 Å². The fourth-order valence-electron chi connectivity index (χ4n) is 3.32. The number of guanidine groups is 1. The molecule has 0 spiro atoms. The van der Waals surface area contributed by atoms with Crippen LogP contribution in [0.25, 0.3) is 0 Å². The van der Waals surface area contributed by atoms with E-state index in [-0.39, 0.29) is 42.2 Å². The summed E-state index contributed by atoms with van der Waals surface area (Å²) in [6, 6.07) is 6.44. The second-order valence-electron chi connectivity index (χ2n) is 7.23. The standard InChI is InChI=1S/C21H25F4N5O.HI/c1-14-13-30(7-8-31-14)19-9-15(5-6-27-19)11-28-20(26-2)29-12-16-3-4-17(22)10-18(16)21(23,24)25;/h3-6,9-10,14H,7-8,11-13H2,1-2H3,(H2,26,28,29);1H. The minimum Gasteiger partial charge on any atom is -0.375 e. The van der Waals surface area contributed by atoms with E-state index >= 15 is 0 Å². The Bertz CT molecular complexity index is 925. The van der Waals surface area contributed by atoms with Crippen LogP contribution in [0.3, 0.4) is 0 Å². The number of pyridine rings is 1. The zero-order chi connectivity index (χ0) is 22.4. The first kappa shape index (κ1) is 26.1. The Morgan fingerprint density at radius 1 is 1.22 bits per heavy atom. The molecule has 1 aliphatic rings. The van der Waals surface area contributed by atoms with Gasteiger partial charge in [-0.15, -0.1) is 24.0 Å². The maximum absolute atomic E-state index is 13.3. The molecule has 1 saturated heterocycles. The van der Waals surface area contributed by atoms with Gasteiger partial charge in [-0.1, -0.05) is 6.07 Å². The van der Waals surface area contributed by atoms with Gasteiger partial charge in [0.05, 0.1) is 18.3 Å². The largest absolute Gasteiger partial charge is 0.416 e. The zero-order valence-corrected chi connectivity index (χ0v) is 20.1. The number of halogens is 5. The fraction of sp³-hybridized carbons (Fsp3) is 0.429. The average Bonchev–Trinajstić information content (AvgIpc) is 2.74. The van der Waals surface area contributed by atoms with Crippen LogP contribution >= 0.6 is 24.0 Å². The third kappa shape index (κ3) is 7.19. The number of hydrogen-bond acceptors (Lipinski definition) is 4. The molecule has 3 rings (SSSR count). The van der Waals surface area contributed by atoms with E-state index in [2.05, 4.69) is 25.5 Å². The molecule has 176 valence electrons. The van der Waals surface area contributed by atoms with Crippen LogP contribution in [0.1, 0.15) is 23.6 Å². The van der Waals surface area contributed by atoms with Crippen LogP contribution in [-0.4, -0.2) is 43.8 Å². The van der Waals surface area contributed by atoms with E-state index in [0.717, 1.165) is 36.6 Å². The summed E-state index contributed by atoms with van der Waals surface area (Å²) in [6.07, 6.45) is -2.79. The van der Waals surface area contributed by atoms with Crippen LogP contribution in [0.15, 0.2) is 41.5 Å². The van der Waals surface area contributed by atoms with E-state index in [0.29, 0.717) is 25.2 Å². The zero-order valence-electron chi connectivity index (χ0n) is 17.7. The van der Waals surface area contributed by atoms with Gasteiger partial charge in [-0.25, -0.2) is 9.37 Å². The van der Waals surface area contributed by atoms with Crippen molar-refractivity contribution >= 4 is 35.8 Å². The van der Waals surface area contributed by atoms with E-state index in [4.69, 9.17) is 4.74 Å². The van der Waals surface area contributed by atoms with Crippen molar-refractivity contribution in [3.8, 4) is 0 Å². The first-order valence-corrected chi connectivity index (χ1v) is 9.88. The van der Waals surface area contributed by atoms with E-state index in [1.165, 1.54) is 7.05 Å². The number of nitrogens with zero attached hydrogens (tertiary/aromatic N) is 3. The summed E-state index contributed by atoms with van der Waals surface area (Å²) in [5.41, 5.74) is -0.122. The normalized spacial score (nSPS) is 17.0. The van der Waals surface area contributed by atoms with Crippen molar-refractivity contribution in [1.29, 1.82) is 0 Å². The number of aromatic nitrogens is 1. The summed E-state index contributed by atoms with van der Waals surface area (Å²) >= 11 is 0. The number of nitrogens with one attached hydrogen (secondary N) is 2. The van der Waals surface area contributed by atoms with Gasteiger partial charge in [0.25, 0.3) is 0 Å².